The van der Waals surface area contributed by atoms with E-state index in [1.54, 1.807) is 18.7 Å². The number of hydrogen-bond acceptors (Lipinski definition) is 7. The smallest absolute Gasteiger partial charge is 0.408 e. The summed E-state index contributed by atoms with van der Waals surface area (Å²) in [6, 6.07) is 3.80. The number of carbonyl (C=O) groups is 1. The van der Waals surface area contributed by atoms with Crippen LogP contribution in [0.25, 0.3) is 21.9 Å². The number of amides is 1. The van der Waals surface area contributed by atoms with E-state index >= 15 is 0 Å². The molecule has 9 heteroatoms. The number of aromatic amines is 1. The highest BCUT2D eigenvalue weighted by atomic mass is 16.6. The summed E-state index contributed by atoms with van der Waals surface area (Å²) in [5.41, 5.74) is 1.61. The molecule has 1 amide bonds. The average Bonchev–Trinajstić information content (AvgIpc) is 3.15. The molecule has 2 N–H and O–H groups in total. The van der Waals surface area contributed by atoms with Gasteiger partial charge in [0.2, 0.25) is 0 Å². The van der Waals surface area contributed by atoms with Crippen LogP contribution in [0.3, 0.4) is 0 Å². The summed E-state index contributed by atoms with van der Waals surface area (Å²) >= 11 is 0. The summed E-state index contributed by atoms with van der Waals surface area (Å²) in [7, 11) is 0. The quantitative estimate of drug-likeness (QED) is 0.689. The molecule has 1 fully saturated rings. The van der Waals surface area contributed by atoms with Crippen LogP contribution in [-0.2, 0) is 4.74 Å². The van der Waals surface area contributed by atoms with Crippen molar-refractivity contribution in [3.63, 3.8) is 0 Å². The SMILES string of the molecule is N#CCNC(=O)OC1CCN(c2nc[nH]c3cnc4nccc4c23)CC1. The van der Waals surface area contributed by atoms with E-state index in [1.807, 2.05) is 12.1 Å². The highest BCUT2D eigenvalue weighted by Gasteiger charge is 2.25. The van der Waals surface area contributed by atoms with Gasteiger partial charge < -0.3 is 19.9 Å². The van der Waals surface area contributed by atoms with Gasteiger partial charge in [0.1, 0.15) is 18.5 Å². The van der Waals surface area contributed by atoms with Gasteiger partial charge in [-0.25, -0.2) is 19.7 Å². The van der Waals surface area contributed by atoms with Crippen molar-refractivity contribution in [3.05, 3.63) is 24.8 Å². The van der Waals surface area contributed by atoms with Crippen LogP contribution in [0, 0.1) is 11.3 Å². The van der Waals surface area contributed by atoms with E-state index in [0.717, 1.165) is 35.2 Å². The number of anilines is 1. The maximum atomic E-state index is 11.6. The van der Waals surface area contributed by atoms with E-state index in [-0.39, 0.29) is 12.6 Å². The normalized spacial score (nSPS) is 15.1. The first-order chi connectivity index (χ1) is 12.8. The Kier molecular flexibility index (Phi) is 4.23. The van der Waals surface area contributed by atoms with Gasteiger partial charge >= 0.3 is 6.09 Å². The van der Waals surface area contributed by atoms with Crippen LogP contribution < -0.4 is 10.2 Å². The molecule has 9 nitrogen and oxygen atoms in total. The molecule has 3 aromatic rings. The molecule has 1 saturated heterocycles. The number of nitrogens with one attached hydrogen (secondary N) is 2. The van der Waals surface area contributed by atoms with Crippen LogP contribution in [0.2, 0.25) is 0 Å². The number of rotatable bonds is 3. The van der Waals surface area contributed by atoms with E-state index in [0.29, 0.717) is 18.5 Å². The largest absolute Gasteiger partial charge is 0.446 e. The number of aromatic nitrogens is 4. The lowest BCUT2D eigenvalue weighted by Crippen LogP contribution is -2.40. The van der Waals surface area contributed by atoms with Crippen LogP contribution >= 0.6 is 0 Å². The summed E-state index contributed by atoms with van der Waals surface area (Å²) in [5, 5.41) is 12.8. The van der Waals surface area contributed by atoms with Crippen molar-refractivity contribution in [1.29, 1.82) is 5.26 Å². The number of carbonyl (C=O) groups excluding carboxylic acids is 1. The third-order valence-electron chi connectivity index (χ3n) is 4.49. The van der Waals surface area contributed by atoms with Crippen LogP contribution in [0.15, 0.2) is 24.8 Å². The summed E-state index contributed by atoms with van der Waals surface area (Å²) in [6.07, 6.45) is 5.88. The van der Waals surface area contributed by atoms with Crippen molar-refractivity contribution >= 4 is 33.8 Å². The van der Waals surface area contributed by atoms with E-state index in [1.165, 1.54) is 0 Å². The summed E-state index contributed by atoms with van der Waals surface area (Å²) in [5.74, 6) is 0.881. The van der Waals surface area contributed by atoms with Gasteiger partial charge in [-0.2, -0.15) is 5.26 Å². The van der Waals surface area contributed by atoms with Crippen LogP contribution in [0.5, 0.6) is 0 Å². The number of ether oxygens (including phenoxy) is 1. The van der Waals surface area contributed by atoms with E-state index in [2.05, 4.69) is 30.2 Å². The maximum absolute atomic E-state index is 11.6. The number of pyridine rings is 1. The molecule has 0 radical (unpaired) electrons. The number of alkyl carbamates (subject to hydrolysis) is 1. The van der Waals surface area contributed by atoms with Gasteiger partial charge in [-0.05, 0) is 6.07 Å². The number of hydrogen-bond donors (Lipinski definition) is 2. The molecule has 3 aromatic heterocycles. The Balaban J connectivity index is 1.52. The van der Waals surface area contributed by atoms with Crippen LogP contribution in [-0.4, -0.2) is 51.8 Å². The molecule has 0 bridgehead atoms. The summed E-state index contributed by atoms with van der Waals surface area (Å²) in [4.78, 5) is 30.1. The summed E-state index contributed by atoms with van der Waals surface area (Å²) in [6.45, 7) is 1.40. The first-order valence-electron chi connectivity index (χ1n) is 8.39. The molecule has 4 rings (SSSR count). The molecule has 0 aliphatic carbocycles. The third-order valence-corrected chi connectivity index (χ3v) is 4.49. The number of piperidine rings is 1. The second-order valence-electron chi connectivity index (χ2n) is 6.06. The first kappa shape index (κ1) is 16.1. The van der Waals surface area contributed by atoms with E-state index in [4.69, 9.17) is 10.00 Å². The fraction of sp³-hybridized carbons (Fsp3) is 0.353. The van der Waals surface area contributed by atoms with Crippen molar-refractivity contribution in [2.75, 3.05) is 24.5 Å². The van der Waals surface area contributed by atoms with Crippen LogP contribution in [0.4, 0.5) is 10.6 Å². The predicted octanol–water partition coefficient (Wildman–Crippen LogP) is 1.72. The lowest BCUT2D eigenvalue weighted by atomic mass is 10.1. The van der Waals surface area contributed by atoms with E-state index in [9.17, 15) is 4.79 Å². The molecular formula is C17H17N7O2. The zero-order chi connectivity index (χ0) is 17.9. The summed E-state index contributed by atoms with van der Waals surface area (Å²) < 4.78 is 5.35. The second kappa shape index (κ2) is 6.84. The second-order valence-corrected chi connectivity index (χ2v) is 6.06. The Labute approximate surface area is 149 Å². The molecule has 4 heterocycles. The minimum absolute atomic E-state index is 0.0498. The van der Waals surface area contributed by atoms with Gasteiger partial charge in [0.15, 0.2) is 5.65 Å². The van der Waals surface area contributed by atoms with Crippen molar-refractivity contribution in [2.45, 2.75) is 18.9 Å². The van der Waals surface area contributed by atoms with Gasteiger partial charge in [-0.1, -0.05) is 0 Å². The zero-order valence-corrected chi connectivity index (χ0v) is 14.0. The van der Waals surface area contributed by atoms with E-state index < -0.39 is 6.09 Å². The topological polar surface area (TPSA) is 120 Å². The fourth-order valence-electron chi connectivity index (χ4n) is 3.27. The van der Waals surface area contributed by atoms with Crippen molar-refractivity contribution in [2.24, 2.45) is 0 Å². The van der Waals surface area contributed by atoms with Gasteiger partial charge in [0.25, 0.3) is 0 Å². The predicted molar refractivity (Wildman–Crippen MR) is 94.5 cm³/mol. The Morgan fingerprint density at radius 3 is 3.04 bits per heavy atom. The zero-order valence-electron chi connectivity index (χ0n) is 14.0. The third kappa shape index (κ3) is 2.97. The Bertz CT molecular complexity index is 986. The number of nitrogens with zero attached hydrogens (tertiary/aromatic N) is 5. The van der Waals surface area contributed by atoms with Crippen molar-refractivity contribution < 1.29 is 9.53 Å². The number of fused-ring (bicyclic) bond motifs is 3. The highest BCUT2D eigenvalue weighted by molar-refractivity contribution is 6.08. The van der Waals surface area contributed by atoms with Gasteiger partial charge in [0, 0.05) is 37.5 Å². The minimum Gasteiger partial charge on any atom is -0.446 e. The molecule has 1 aliphatic heterocycles. The highest BCUT2D eigenvalue weighted by Crippen LogP contribution is 2.31. The van der Waals surface area contributed by atoms with Gasteiger partial charge in [-0.3, -0.25) is 0 Å². The lowest BCUT2D eigenvalue weighted by Gasteiger charge is -2.33. The maximum Gasteiger partial charge on any atom is 0.408 e. The van der Waals surface area contributed by atoms with Gasteiger partial charge in [-0.15, -0.1) is 0 Å². The molecule has 0 aromatic carbocycles. The lowest BCUT2D eigenvalue weighted by molar-refractivity contribution is 0.0841. The van der Waals surface area contributed by atoms with Crippen molar-refractivity contribution in [1.82, 2.24) is 25.3 Å². The minimum atomic E-state index is -0.543. The molecule has 132 valence electrons. The Hall–Kier alpha value is -3.41. The monoisotopic (exact) mass is 351 g/mol. The Morgan fingerprint density at radius 1 is 1.38 bits per heavy atom. The average molecular weight is 351 g/mol. The molecule has 1 aliphatic rings. The Morgan fingerprint density at radius 2 is 2.23 bits per heavy atom. The molecule has 0 saturated carbocycles. The van der Waals surface area contributed by atoms with Crippen molar-refractivity contribution in [3.8, 4) is 6.07 Å². The molecule has 0 spiro atoms. The van der Waals surface area contributed by atoms with Gasteiger partial charge in [0.05, 0.1) is 29.5 Å². The molecular weight excluding hydrogens is 334 g/mol. The number of H-pyrrole nitrogens is 1. The molecule has 0 unspecified atom stereocenters. The van der Waals surface area contributed by atoms with Crippen LogP contribution in [0.1, 0.15) is 12.8 Å². The fourth-order valence-corrected chi connectivity index (χ4v) is 3.27. The first-order valence-corrected chi connectivity index (χ1v) is 8.39. The molecule has 0 atom stereocenters. The molecule has 26 heavy (non-hydrogen) atoms. The number of nitriles is 1. The standard InChI is InChI=1S/C17H17N7O2/c18-4-6-20-17(25)26-11-2-7-24(8-3-11)16-14-12-1-5-19-15(12)21-9-13(14)22-10-23-16/h1,5,9-11H,2-3,6-8H2,(H,20,25)(H,22,23).